The molecule has 0 bridgehead atoms. The molecule has 2 rings (SSSR count). The first kappa shape index (κ1) is 19.5. The summed E-state index contributed by atoms with van der Waals surface area (Å²) in [6, 6.07) is 1.64. The first-order valence-electron chi connectivity index (χ1n) is 8.08. The lowest BCUT2D eigenvalue weighted by molar-refractivity contribution is -0.134. The first-order chi connectivity index (χ1) is 11.8. The van der Waals surface area contributed by atoms with Crippen molar-refractivity contribution in [3.63, 3.8) is 0 Å². The number of esters is 1. The van der Waals surface area contributed by atoms with Gasteiger partial charge in [-0.1, -0.05) is 37.0 Å². The summed E-state index contributed by atoms with van der Waals surface area (Å²) < 4.78 is 6.87. The van der Waals surface area contributed by atoms with Gasteiger partial charge in [-0.3, -0.25) is 9.59 Å². The smallest absolute Gasteiger partial charge is 0.312 e. The number of ether oxygens (including phenoxy) is 1. The maximum absolute atomic E-state index is 13.0. The fourth-order valence-electron chi connectivity index (χ4n) is 2.44. The predicted octanol–water partition coefficient (Wildman–Crippen LogP) is 4.76. The molecule has 1 aromatic carbocycles. The van der Waals surface area contributed by atoms with Crippen LogP contribution in [-0.2, 0) is 11.3 Å². The molecule has 134 valence electrons. The summed E-state index contributed by atoms with van der Waals surface area (Å²) in [6.45, 7) is 7.75. The van der Waals surface area contributed by atoms with E-state index in [0.717, 1.165) is 12.0 Å². The lowest BCUT2D eigenvalue weighted by atomic mass is 10.0. The molecule has 0 saturated heterocycles. The van der Waals surface area contributed by atoms with Crippen LogP contribution in [0.15, 0.2) is 12.3 Å². The predicted molar refractivity (Wildman–Crippen MR) is 97.8 cm³/mol. The number of ketones is 1. The molecule has 0 aliphatic carbocycles. The number of benzene rings is 1. The summed E-state index contributed by atoms with van der Waals surface area (Å²) in [6.07, 6.45) is 2.39. The van der Waals surface area contributed by atoms with Gasteiger partial charge in [-0.05, 0) is 37.5 Å². The Morgan fingerprint density at radius 3 is 2.44 bits per heavy atom. The van der Waals surface area contributed by atoms with Crippen molar-refractivity contribution >= 4 is 35.0 Å². The molecular weight excluding hydrogens is 363 g/mol. The largest absolute Gasteiger partial charge is 0.407 e. The van der Waals surface area contributed by atoms with Gasteiger partial charge < -0.3 is 4.74 Å². The highest BCUT2D eigenvalue weighted by Gasteiger charge is 2.25. The van der Waals surface area contributed by atoms with Crippen molar-refractivity contribution in [1.29, 1.82) is 0 Å². The zero-order valence-electron chi connectivity index (χ0n) is 14.7. The molecule has 1 heterocycles. The third-order valence-electron chi connectivity index (χ3n) is 3.82. The SMILES string of the molecule is CCCn1ncc(C(=O)c2cc(C)c(Cl)c(C)c2Cl)c1OC(=O)CC. The Bertz CT molecular complexity index is 828. The van der Waals surface area contributed by atoms with Crippen LogP contribution in [0.2, 0.25) is 10.0 Å². The number of hydrogen-bond donors (Lipinski definition) is 0. The Kier molecular flexibility index (Phi) is 6.25. The van der Waals surface area contributed by atoms with Gasteiger partial charge in [-0.25, -0.2) is 4.68 Å². The number of hydrogen-bond acceptors (Lipinski definition) is 4. The first-order valence-corrected chi connectivity index (χ1v) is 8.83. The average Bonchev–Trinajstić information content (AvgIpc) is 2.98. The quantitative estimate of drug-likeness (QED) is 0.533. The lowest BCUT2D eigenvalue weighted by Crippen LogP contribution is -2.14. The summed E-state index contributed by atoms with van der Waals surface area (Å²) in [7, 11) is 0. The molecule has 0 fully saturated rings. The van der Waals surface area contributed by atoms with Gasteiger partial charge in [0.05, 0.1) is 11.2 Å². The molecule has 0 aliphatic heterocycles. The van der Waals surface area contributed by atoms with Gasteiger partial charge in [-0.15, -0.1) is 0 Å². The van der Waals surface area contributed by atoms with E-state index in [9.17, 15) is 9.59 Å². The molecule has 5 nitrogen and oxygen atoms in total. The summed E-state index contributed by atoms with van der Waals surface area (Å²) in [5.74, 6) is -0.629. The maximum Gasteiger partial charge on any atom is 0.312 e. The van der Waals surface area contributed by atoms with Gasteiger partial charge in [0.15, 0.2) is 0 Å². The molecule has 0 atom stereocenters. The van der Waals surface area contributed by atoms with E-state index in [1.165, 1.54) is 10.9 Å². The van der Waals surface area contributed by atoms with E-state index in [2.05, 4.69) is 5.10 Å². The zero-order valence-corrected chi connectivity index (χ0v) is 16.2. The van der Waals surface area contributed by atoms with Crippen LogP contribution >= 0.6 is 23.2 Å². The highest BCUT2D eigenvalue weighted by Crippen LogP contribution is 2.33. The normalized spacial score (nSPS) is 10.8. The van der Waals surface area contributed by atoms with Crippen molar-refractivity contribution in [2.75, 3.05) is 0 Å². The number of rotatable bonds is 6. The van der Waals surface area contributed by atoms with Crippen LogP contribution < -0.4 is 4.74 Å². The molecule has 7 heteroatoms. The second-order valence-electron chi connectivity index (χ2n) is 5.74. The van der Waals surface area contributed by atoms with Gasteiger partial charge in [0.1, 0.15) is 5.56 Å². The molecule has 0 saturated carbocycles. The number of nitrogens with zero attached hydrogens (tertiary/aromatic N) is 2. The monoisotopic (exact) mass is 382 g/mol. The molecule has 0 N–H and O–H groups in total. The third kappa shape index (κ3) is 3.88. The molecule has 0 radical (unpaired) electrons. The fourth-order valence-corrected chi connectivity index (χ4v) is 2.87. The van der Waals surface area contributed by atoms with E-state index in [1.54, 1.807) is 26.8 Å². The van der Waals surface area contributed by atoms with Crippen LogP contribution in [0.3, 0.4) is 0 Å². The van der Waals surface area contributed by atoms with Crippen LogP contribution in [0.25, 0.3) is 0 Å². The second-order valence-corrected chi connectivity index (χ2v) is 6.49. The van der Waals surface area contributed by atoms with Crippen LogP contribution in [0.4, 0.5) is 0 Å². The van der Waals surface area contributed by atoms with E-state index < -0.39 is 5.97 Å². The molecule has 2 aromatic rings. The molecular formula is C18H20Cl2N2O3. The molecule has 1 aromatic heterocycles. The van der Waals surface area contributed by atoms with Crippen LogP contribution in [0, 0.1) is 13.8 Å². The minimum absolute atomic E-state index is 0.153. The standard InChI is InChI=1S/C18H20Cl2N2O3/c1-5-7-22-18(25-14(23)6-2)13(9-21-22)17(24)12-8-10(3)15(19)11(4)16(12)20/h8-9H,5-7H2,1-4H3. The van der Waals surface area contributed by atoms with Gasteiger partial charge in [0.2, 0.25) is 11.7 Å². The van der Waals surface area contributed by atoms with Crippen molar-refractivity contribution < 1.29 is 14.3 Å². The Labute approximate surface area is 156 Å². The van der Waals surface area contributed by atoms with E-state index in [-0.39, 0.29) is 28.7 Å². The van der Waals surface area contributed by atoms with Crippen molar-refractivity contribution in [2.45, 2.75) is 47.1 Å². The van der Waals surface area contributed by atoms with Gasteiger partial charge in [-0.2, -0.15) is 5.10 Å². The minimum Gasteiger partial charge on any atom is -0.407 e. The van der Waals surface area contributed by atoms with Gasteiger partial charge >= 0.3 is 5.97 Å². The van der Waals surface area contributed by atoms with E-state index >= 15 is 0 Å². The fraction of sp³-hybridized carbons (Fsp3) is 0.389. The van der Waals surface area contributed by atoms with E-state index in [1.807, 2.05) is 6.92 Å². The van der Waals surface area contributed by atoms with E-state index in [4.69, 9.17) is 27.9 Å². The zero-order chi connectivity index (χ0) is 18.7. The molecule has 0 unspecified atom stereocenters. The van der Waals surface area contributed by atoms with Crippen molar-refractivity contribution in [2.24, 2.45) is 0 Å². The molecule has 0 spiro atoms. The summed E-state index contributed by atoms with van der Waals surface area (Å²) in [5.41, 5.74) is 1.91. The van der Waals surface area contributed by atoms with Gasteiger partial charge in [0.25, 0.3) is 0 Å². The summed E-state index contributed by atoms with van der Waals surface area (Å²) in [4.78, 5) is 24.8. The Morgan fingerprint density at radius 2 is 1.84 bits per heavy atom. The van der Waals surface area contributed by atoms with E-state index in [0.29, 0.717) is 22.7 Å². The minimum atomic E-state index is -0.429. The highest BCUT2D eigenvalue weighted by molar-refractivity contribution is 6.39. The summed E-state index contributed by atoms with van der Waals surface area (Å²) >= 11 is 12.5. The van der Waals surface area contributed by atoms with Crippen molar-refractivity contribution in [3.8, 4) is 5.88 Å². The Balaban J connectivity index is 2.55. The highest BCUT2D eigenvalue weighted by atomic mass is 35.5. The molecule has 0 aliphatic rings. The van der Waals surface area contributed by atoms with Crippen LogP contribution in [-0.4, -0.2) is 21.5 Å². The number of aryl methyl sites for hydroxylation is 2. The van der Waals surface area contributed by atoms with Crippen LogP contribution in [0.5, 0.6) is 5.88 Å². The Morgan fingerprint density at radius 1 is 1.16 bits per heavy atom. The molecule has 25 heavy (non-hydrogen) atoms. The topological polar surface area (TPSA) is 61.2 Å². The summed E-state index contributed by atoms with van der Waals surface area (Å²) in [5, 5.41) is 5.00. The van der Waals surface area contributed by atoms with Crippen molar-refractivity contribution in [1.82, 2.24) is 9.78 Å². The Hall–Kier alpha value is -1.85. The third-order valence-corrected chi connectivity index (χ3v) is 4.89. The second kappa shape index (κ2) is 8.02. The number of halogens is 2. The lowest BCUT2D eigenvalue weighted by Gasteiger charge is -2.12. The average molecular weight is 383 g/mol. The maximum atomic E-state index is 13.0. The number of carbonyl (C=O) groups excluding carboxylic acids is 2. The number of carbonyl (C=O) groups is 2. The van der Waals surface area contributed by atoms with Gasteiger partial charge in [0, 0.05) is 23.6 Å². The van der Waals surface area contributed by atoms with Crippen LogP contribution in [0.1, 0.15) is 53.7 Å². The molecule has 0 amide bonds. The van der Waals surface area contributed by atoms with Crippen molar-refractivity contribution in [3.05, 3.63) is 44.6 Å². The number of aromatic nitrogens is 2.